The molecular weight excluding hydrogens is 471 g/mol. The van der Waals surface area contributed by atoms with Crippen molar-refractivity contribution in [2.24, 2.45) is 0 Å². The fourth-order valence-electron chi connectivity index (χ4n) is 3.52. The van der Waals surface area contributed by atoms with Gasteiger partial charge in [-0.1, -0.05) is 18.2 Å². The van der Waals surface area contributed by atoms with Crippen LogP contribution < -0.4 is 29.6 Å². The Labute approximate surface area is 192 Å². The first-order chi connectivity index (χ1) is 13.2. The predicted octanol–water partition coefficient (Wildman–Crippen LogP) is -0.966. The Morgan fingerprint density at radius 2 is 0.833 bits per heavy atom. The molecule has 152 valence electrons. The van der Waals surface area contributed by atoms with E-state index in [1.807, 2.05) is 0 Å². The van der Waals surface area contributed by atoms with Gasteiger partial charge in [0.15, 0.2) is 0 Å². The van der Waals surface area contributed by atoms with E-state index in [4.69, 9.17) is 0 Å². The molecule has 0 spiro atoms. The van der Waals surface area contributed by atoms with Crippen molar-refractivity contribution in [2.45, 2.75) is 14.7 Å². The molecule has 0 fully saturated rings. The molecule has 0 unspecified atom stereocenters. The van der Waals surface area contributed by atoms with Gasteiger partial charge in [-0.05, 0) is 12.1 Å². The summed E-state index contributed by atoms with van der Waals surface area (Å²) in [6.07, 6.45) is 0. The molecule has 0 saturated carbocycles. The van der Waals surface area contributed by atoms with E-state index < -0.39 is 50.8 Å². The van der Waals surface area contributed by atoms with E-state index >= 15 is 0 Å². The van der Waals surface area contributed by atoms with Crippen LogP contribution in [0.2, 0.25) is 0 Å². The summed E-state index contributed by atoms with van der Waals surface area (Å²) in [5.41, 5.74) is 0. The number of rotatable bonds is 3. The zero-order valence-electron chi connectivity index (χ0n) is 14.9. The number of phenolic OH excluding ortho intramolecular Hbond substituents is 1. The largest absolute Gasteiger partial charge is 1.00 e. The van der Waals surface area contributed by atoms with Gasteiger partial charge in [0, 0.05) is 38.4 Å². The maximum atomic E-state index is 11.8. The summed E-state index contributed by atoms with van der Waals surface area (Å²) in [6.45, 7) is 0. The van der Waals surface area contributed by atoms with E-state index in [-0.39, 0.29) is 61.9 Å². The number of hydrogen-bond donors (Lipinski definition) is 4. The zero-order valence-corrected chi connectivity index (χ0v) is 19.4. The summed E-state index contributed by atoms with van der Waals surface area (Å²) in [7, 11) is -14.8. The summed E-state index contributed by atoms with van der Waals surface area (Å²) in [5.74, 6) is -0.579. The first kappa shape index (κ1) is 23.1. The smallest absolute Gasteiger partial charge is 0.507 e. The van der Waals surface area contributed by atoms with Crippen LogP contribution in [-0.2, 0) is 30.4 Å². The number of aromatic hydroxyl groups is 1. The summed E-state index contributed by atoms with van der Waals surface area (Å²) in [4.78, 5) is -2.38. The zero-order chi connectivity index (χ0) is 21.5. The van der Waals surface area contributed by atoms with Crippen LogP contribution in [0, 0.1) is 0 Å². The monoisotopic (exact) mass is 481 g/mol. The van der Waals surface area contributed by atoms with E-state index in [2.05, 4.69) is 0 Å². The Balaban J connectivity index is 0.00000256. The third-order valence-corrected chi connectivity index (χ3v) is 7.28. The van der Waals surface area contributed by atoms with Crippen molar-refractivity contribution in [3.63, 3.8) is 0 Å². The predicted molar refractivity (Wildman–Crippen MR) is 101 cm³/mol. The third-order valence-electron chi connectivity index (χ3n) is 4.60. The van der Waals surface area contributed by atoms with Crippen molar-refractivity contribution in [1.82, 2.24) is 0 Å². The van der Waals surface area contributed by atoms with E-state index in [9.17, 15) is 44.0 Å². The molecule has 0 amide bonds. The van der Waals surface area contributed by atoms with Crippen LogP contribution in [0.1, 0.15) is 0 Å². The first-order valence-electron chi connectivity index (χ1n) is 7.61. The van der Waals surface area contributed by atoms with Gasteiger partial charge in [0.1, 0.15) is 20.4 Å². The van der Waals surface area contributed by atoms with Gasteiger partial charge in [-0.25, -0.2) is 0 Å². The second kappa shape index (κ2) is 6.98. The van der Waals surface area contributed by atoms with Crippen molar-refractivity contribution in [1.29, 1.82) is 0 Å². The molecule has 0 aliphatic rings. The molecule has 0 heterocycles. The quantitative estimate of drug-likeness (QED) is 0.161. The van der Waals surface area contributed by atoms with Gasteiger partial charge < -0.3 is 5.11 Å². The average molecular weight is 481 g/mol. The SMILES string of the molecule is O=S(=O)(O)c1cc(O)c2ccc3c(S(=O)(=O)O)cc(S(=O)(=O)O)c4ccc1c2c34.[Na+]. The van der Waals surface area contributed by atoms with Crippen molar-refractivity contribution in [2.75, 3.05) is 0 Å². The molecule has 0 aromatic heterocycles. The van der Waals surface area contributed by atoms with Gasteiger partial charge >= 0.3 is 29.6 Å². The van der Waals surface area contributed by atoms with Crippen molar-refractivity contribution in [3.8, 4) is 5.75 Å². The van der Waals surface area contributed by atoms with Crippen molar-refractivity contribution in [3.05, 3.63) is 36.4 Å². The van der Waals surface area contributed by atoms with Gasteiger partial charge in [0.2, 0.25) is 0 Å². The molecule has 0 radical (unpaired) electrons. The molecule has 0 aliphatic heterocycles. The van der Waals surface area contributed by atoms with Crippen LogP contribution in [0.4, 0.5) is 0 Å². The van der Waals surface area contributed by atoms with E-state index in [0.717, 1.165) is 18.2 Å². The molecule has 4 rings (SSSR count). The molecular formula is C16H10NaO10S3+. The molecule has 0 atom stereocenters. The maximum Gasteiger partial charge on any atom is 1.00 e. The number of benzene rings is 4. The van der Waals surface area contributed by atoms with Crippen LogP contribution in [0.25, 0.3) is 32.3 Å². The standard InChI is InChI=1S/C16H10O10S3.Na/c17-11-5-12(27(18,19)20)8-3-4-10-14(29(24,25)26)6-13(28(21,22)23)9-2-1-7(11)15(8)16(9)10;/h1-6,17H,(H,18,19,20)(H,21,22,23)(H,24,25,26);/q;+1. The first-order valence-corrected chi connectivity index (χ1v) is 11.9. The normalized spacial score (nSPS) is 13.2. The molecule has 0 bridgehead atoms. The molecule has 14 heteroatoms. The fourth-order valence-corrected chi connectivity index (χ4v) is 5.73. The van der Waals surface area contributed by atoms with Gasteiger partial charge in [0.25, 0.3) is 30.4 Å². The molecule has 0 saturated heterocycles. The molecule has 4 aromatic rings. The summed E-state index contributed by atoms with van der Waals surface area (Å²) in [6, 6.07) is 6.07. The minimum absolute atomic E-state index is 0. The second-order valence-electron chi connectivity index (χ2n) is 6.26. The van der Waals surface area contributed by atoms with Gasteiger partial charge in [-0.3, -0.25) is 13.7 Å². The molecule has 30 heavy (non-hydrogen) atoms. The van der Waals surface area contributed by atoms with Crippen LogP contribution in [0.3, 0.4) is 0 Å². The maximum absolute atomic E-state index is 11.8. The topological polar surface area (TPSA) is 183 Å². The van der Waals surface area contributed by atoms with Crippen LogP contribution >= 0.6 is 0 Å². The summed E-state index contributed by atoms with van der Waals surface area (Å²) in [5, 5.41) is 9.54. The Hall–Kier alpha value is -1.55. The van der Waals surface area contributed by atoms with E-state index in [0.29, 0.717) is 6.07 Å². The van der Waals surface area contributed by atoms with Crippen LogP contribution in [0.5, 0.6) is 5.75 Å². The third kappa shape index (κ3) is 3.45. The molecule has 0 aliphatic carbocycles. The van der Waals surface area contributed by atoms with Crippen LogP contribution in [-0.4, -0.2) is 44.0 Å². The van der Waals surface area contributed by atoms with E-state index in [1.54, 1.807) is 0 Å². The van der Waals surface area contributed by atoms with Crippen molar-refractivity contribution < 1.29 is 73.6 Å². The van der Waals surface area contributed by atoms with Gasteiger partial charge in [0.05, 0.1) is 0 Å². The van der Waals surface area contributed by atoms with Crippen LogP contribution in [0.15, 0.2) is 51.1 Å². The van der Waals surface area contributed by atoms with Crippen molar-refractivity contribution >= 4 is 62.7 Å². The van der Waals surface area contributed by atoms with Gasteiger partial charge in [-0.2, -0.15) is 25.3 Å². The van der Waals surface area contributed by atoms with Gasteiger partial charge in [-0.15, -0.1) is 0 Å². The average Bonchev–Trinajstić information content (AvgIpc) is 2.57. The number of hydrogen-bond acceptors (Lipinski definition) is 7. The second-order valence-corrected chi connectivity index (χ2v) is 10.4. The Morgan fingerprint density at radius 1 is 0.533 bits per heavy atom. The summed E-state index contributed by atoms with van der Waals surface area (Å²) >= 11 is 0. The molecule has 4 aromatic carbocycles. The summed E-state index contributed by atoms with van der Waals surface area (Å²) < 4.78 is 99.5. The Kier molecular flexibility index (Phi) is 5.38. The minimum atomic E-state index is -4.96. The molecule has 4 N–H and O–H groups in total. The van der Waals surface area contributed by atoms with E-state index in [1.165, 1.54) is 12.1 Å². The fraction of sp³-hybridized carbons (Fsp3) is 0. The number of phenols is 1. The minimum Gasteiger partial charge on any atom is -0.507 e. The molecule has 10 nitrogen and oxygen atoms in total. The Morgan fingerprint density at radius 3 is 1.20 bits per heavy atom. The Bertz CT molecular complexity index is 1620.